The van der Waals surface area contributed by atoms with Crippen molar-refractivity contribution >= 4 is 40.3 Å². The minimum atomic E-state index is -0.0801. The van der Waals surface area contributed by atoms with Crippen LogP contribution in [0.4, 0.5) is 0 Å². The molecule has 0 aromatic heterocycles. The van der Waals surface area contributed by atoms with Crippen molar-refractivity contribution in [2.45, 2.75) is 39.2 Å². The number of hydrogen-bond acceptors (Lipinski definition) is 4. The predicted molar refractivity (Wildman–Crippen MR) is 104 cm³/mol. The molecular formula is C19H21NO2S2. The maximum Gasteiger partial charge on any atom is 0.266 e. The summed E-state index contributed by atoms with van der Waals surface area (Å²) in [6, 6.07) is 7.93. The first-order valence-electron chi connectivity index (χ1n) is 8.32. The molecule has 1 atom stereocenters. The van der Waals surface area contributed by atoms with E-state index >= 15 is 0 Å². The molecule has 0 saturated carbocycles. The fourth-order valence-electron chi connectivity index (χ4n) is 2.79. The van der Waals surface area contributed by atoms with Gasteiger partial charge < -0.3 is 4.74 Å². The number of thioether (sulfide) groups is 1. The number of nitrogens with zero attached hydrogens (tertiary/aromatic N) is 1. The Morgan fingerprint density at radius 3 is 2.92 bits per heavy atom. The average Bonchev–Trinajstić information content (AvgIpc) is 2.83. The van der Waals surface area contributed by atoms with Gasteiger partial charge in [0.2, 0.25) is 0 Å². The van der Waals surface area contributed by atoms with E-state index in [1.165, 1.54) is 11.8 Å². The smallest absolute Gasteiger partial charge is 0.266 e. The first-order chi connectivity index (χ1) is 11.6. The minimum Gasteiger partial charge on any atom is -0.485 e. The summed E-state index contributed by atoms with van der Waals surface area (Å²) in [4.78, 5) is 15.0. The van der Waals surface area contributed by atoms with Crippen LogP contribution in [0.1, 0.15) is 38.7 Å². The zero-order valence-corrected chi connectivity index (χ0v) is 15.6. The van der Waals surface area contributed by atoms with Gasteiger partial charge >= 0.3 is 0 Å². The number of carbonyl (C=O) groups is 1. The highest BCUT2D eigenvalue weighted by atomic mass is 32.2. The van der Waals surface area contributed by atoms with Crippen molar-refractivity contribution in [1.82, 2.24) is 4.90 Å². The highest BCUT2D eigenvalue weighted by Gasteiger charge is 2.32. The Hall–Kier alpha value is -1.59. The molecule has 2 heterocycles. The Balaban J connectivity index is 1.80. The van der Waals surface area contributed by atoms with E-state index in [2.05, 4.69) is 13.0 Å². The third-order valence-electron chi connectivity index (χ3n) is 4.17. The Kier molecular flexibility index (Phi) is 5.41. The number of rotatable bonds is 5. The third-order valence-corrected chi connectivity index (χ3v) is 5.55. The van der Waals surface area contributed by atoms with Crippen LogP contribution in [0.5, 0.6) is 5.75 Å². The molecule has 0 unspecified atom stereocenters. The zero-order valence-electron chi connectivity index (χ0n) is 14.0. The van der Waals surface area contributed by atoms with Gasteiger partial charge in [0.25, 0.3) is 5.91 Å². The van der Waals surface area contributed by atoms with Gasteiger partial charge in [-0.15, -0.1) is 0 Å². The first kappa shape index (κ1) is 17.2. The summed E-state index contributed by atoms with van der Waals surface area (Å²) in [5, 5.41) is 0. The van der Waals surface area contributed by atoms with E-state index in [9.17, 15) is 4.79 Å². The Morgan fingerprint density at radius 2 is 2.12 bits per heavy atom. The lowest BCUT2D eigenvalue weighted by atomic mass is 10.0. The third kappa shape index (κ3) is 3.57. The second-order valence-corrected chi connectivity index (χ2v) is 7.66. The van der Waals surface area contributed by atoms with Crippen LogP contribution in [0.2, 0.25) is 0 Å². The molecule has 0 radical (unpaired) electrons. The normalized spacial score (nSPS) is 21.8. The summed E-state index contributed by atoms with van der Waals surface area (Å²) >= 11 is 6.77. The lowest BCUT2D eigenvalue weighted by Crippen LogP contribution is -2.29. The van der Waals surface area contributed by atoms with Gasteiger partial charge in [0, 0.05) is 12.1 Å². The molecule has 24 heavy (non-hydrogen) atoms. The van der Waals surface area contributed by atoms with Gasteiger partial charge in [-0.2, -0.15) is 0 Å². The highest BCUT2D eigenvalue weighted by molar-refractivity contribution is 8.26. The second kappa shape index (κ2) is 7.53. The van der Waals surface area contributed by atoms with Crippen LogP contribution in [0, 0.1) is 0 Å². The molecule has 1 saturated heterocycles. The summed E-state index contributed by atoms with van der Waals surface area (Å²) in [7, 11) is 0. The number of benzene rings is 1. The SMILES string of the molecule is CCCCCN1C(=O)/C(=C/C2=Cc3ccccc3O[C@H]2C)SC1=S. The van der Waals surface area contributed by atoms with Crippen molar-refractivity contribution in [3.05, 3.63) is 46.4 Å². The summed E-state index contributed by atoms with van der Waals surface area (Å²) in [5.74, 6) is 0.905. The van der Waals surface area contributed by atoms with Crippen LogP contribution in [0.3, 0.4) is 0 Å². The van der Waals surface area contributed by atoms with Crippen LogP contribution in [0.15, 0.2) is 40.8 Å². The van der Waals surface area contributed by atoms with E-state index in [1.807, 2.05) is 37.3 Å². The number of unbranched alkanes of at least 4 members (excludes halogenated alkanes) is 2. The van der Waals surface area contributed by atoms with Gasteiger partial charge in [0.05, 0.1) is 4.91 Å². The quantitative estimate of drug-likeness (QED) is 0.430. The van der Waals surface area contributed by atoms with E-state index in [4.69, 9.17) is 17.0 Å². The largest absolute Gasteiger partial charge is 0.485 e. The molecule has 5 heteroatoms. The van der Waals surface area contributed by atoms with E-state index < -0.39 is 0 Å². The minimum absolute atomic E-state index is 0.0214. The van der Waals surface area contributed by atoms with Crippen LogP contribution >= 0.6 is 24.0 Å². The van der Waals surface area contributed by atoms with E-state index in [0.717, 1.165) is 36.1 Å². The Labute approximate surface area is 152 Å². The number of thiocarbonyl (C=S) groups is 1. The highest BCUT2D eigenvalue weighted by Crippen LogP contribution is 2.35. The summed E-state index contributed by atoms with van der Waals surface area (Å²) in [6.45, 7) is 4.86. The van der Waals surface area contributed by atoms with E-state index in [-0.39, 0.29) is 12.0 Å². The topological polar surface area (TPSA) is 29.5 Å². The number of para-hydroxylation sites is 1. The van der Waals surface area contributed by atoms with Crippen molar-refractivity contribution in [2.75, 3.05) is 6.54 Å². The standard InChI is InChI=1S/C19H21NO2S2/c1-3-4-7-10-20-18(21)17(24-19(20)23)12-15-11-14-8-5-6-9-16(14)22-13(15)2/h5-6,8-9,11-13H,3-4,7,10H2,1-2H3/b17-12-/t13-/m0/s1. The van der Waals surface area contributed by atoms with E-state index in [1.54, 1.807) is 4.90 Å². The fraction of sp³-hybridized carbons (Fsp3) is 0.368. The average molecular weight is 360 g/mol. The van der Waals surface area contributed by atoms with Gasteiger partial charge in [-0.25, -0.2) is 0 Å². The zero-order chi connectivity index (χ0) is 17.1. The van der Waals surface area contributed by atoms with Crippen LogP contribution in [-0.2, 0) is 4.79 Å². The molecule has 3 nitrogen and oxygen atoms in total. The molecule has 2 aliphatic rings. The maximum absolute atomic E-state index is 12.6. The van der Waals surface area contributed by atoms with Crippen molar-refractivity contribution in [3.63, 3.8) is 0 Å². The van der Waals surface area contributed by atoms with Crippen molar-refractivity contribution in [2.24, 2.45) is 0 Å². The lowest BCUT2D eigenvalue weighted by Gasteiger charge is -2.23. The van der Waals surface area contributed by atoms with Crippen molar-refractivity contribution in [3.8, 4) is 5.75 Å². The fourth-order valence-corrected chi connectivity index (χ4v) is 4.09. The first-order valence-corrected chi connectivity index (χ1v) is 9.55. The number of hydrogen-bond donors (Lipinski definition) is 0. The number of carbonyl (C=O) groups excluding carboxylic acids is 1. The molecule has 1 aromatic rings. The number of amides is 1. The van der Waals surface area contributed by atoms with Crippen molar-refractivity contribution < 1.29 is 9.53 Å². The Bertz CT molecular complexity index is 724. The van der Waals surface area contributed by atoms with Gasteiger partial charge in [-0.3, -0.25) is 9.69 Å². The molecule has 126 valence electrons. The molecule has 0 bridgehead atoms. The summed E-state index contributed by atoms with van der Waals surface area (Å²) < 4.78 is 6.60. The number of fused-ring (bicyclic) bond motifs is 1. The monoisotopic (exact) mass is 359 g/mol. The molecule has 2 aliphatic heterocycles. The summed E-state index contributed by atoms with van der Waals surface area (Å²) in [6.07, 6.45) is 7.18. The maximum atomic E-state index is 12.6. The molecule has 0 N–H and O–H groups in total. The van der Waals surface area contributed by atoms with Crippen LogP contribution < -0.4 is 4.74 Å². The van der Waals surface area contributed by atoms with Crippen LogP contribution in [-0.4, -0.2) is 27.8 Å². The molecule has 3 rings (SSSR count). The van der Waals surface area contributed by atoms with Gasteiger partial charge in [-0.1, -0.05) is 61.9 Å². The molecule has 1 aromatic carbocycles. The van der Waals surface area contributed by atoms with Gasteiger partial charge in [-0.05, 0) is 37.1 Å². The summed E-state index contributed by atoms with van der Waals surface area (Å²) in [5.41, 5.74) is 2.04. The van der Waals surface area contributed by atoms with Crippen molar-refractivity contribution in [1.29, 1.82) is 0 Å². The molecular weight excluding hydrogens is 338 g/mol. The molecule has 0 spiro atoms. The van der Waals surface area contributed by atoms with Gasteiger partial charge in [0.1, 0.15) is 16.2 Å². The molecule has 0 aliphatic carbocycles. The Morgan fingerprint density at radius 1 is 1.33 bits per heavy atom. The van der Waals surface area contributed by atoms with E-state index in [0.29, 0.717) is 15.8 Å². The second-order valence-electron chi connectivity index (χ2n) is 5.98. The van der Waals surface area contributed by atoms with Gasteiger partial charge in [0.15, 0.2) is 0 Å². The predicted octanol–water partition coefficient (Wildman–Crippen LogP) is 4.79. The number of ether oxygens (including phenoxy) is 1. The van der Waals surface area contributed by atoms with Crippen LogP contribution in [0.25, 0.3) is 6.08 Å². The lowest BCUT2D eigenvalue weighted by molar-refractivity contribution is -0.122. The molecule has 1 fully saturated rings. The molecule has 1 amide bonds.